The lowest BCUT2D eigenvalue weighted by molar-refractivity contribution is -0.310. The van der Waals surface area contributed by atoms with Crippen LogP contribution in [0, 0.1) is 5.92 Å². The van der Waals surface area contributed by atoms with E-state index in [9.17, 15) is 22.0 Å². The molecule has 13 heavy (non-hydrogen) atoms. The third-order valence-electron chi connectivity index (χ3n) is 1.71. The molecule has 0 fully saturated rings. The van der Waals surface area contributed by atoms with Crippen molar-refractivity contribution < 1.29 is 32.2 Å². The molecule has 7 heteroatoms. The topological polar surface area (TPSA) is 40.5 Å². The van der Waals surface area contributed by atoms with E-state index in [0.29, 0.717) is 6.92 Å². The van der Waals surface area contributed by atoms with Crippen molar-refractivity contribution in [1.29, 1.82) is 0 Å². The van der Waals surface area contributed by atoms with Crippen molar-refractivity contribution in [3.8, 4) is 0 Å². The fourth-order valence-electron chi connectivity index (χ4n) is 0.658. The minimum Gasteiger partial charge on any atom is -0.394 e. The van der Waals surface area contributed by atoms with Crippen LogP contribution in [0.3, 0.4) is 0 Å². The normalized spacial score (nSPS) is 18.5. The van der Waals surface area contributed by atoms with E-state index in [4.69, 9.17) is 10.2 Å². The Balaban J connectivity index is 4.63. The number of hydrogen-bond acceptors (Lipinski definition) is 2. The zero-order valence-corrected chi connectivity index (χ0v) is 6.65. The van der Waals surface area contributed by atoms with Gasteiger partial charge < -0.3 is 10.2 Å². The fraction of sp³-hybridized carbons (Fsp3) is 1.00. The molecule has 0 saturated heterocycles. The SMILES string of the molecule is CC(C(O)CO)C(F)(F)C(F)(F)F. The summed E-state index contributed by atoms with van der Waals surface area (Å²) < 4.78 is 59.6. The first-order valence-electron chi connectivity index (χ1n) is 3.38. The minimum atomic E-state index is -5.71. The summed E-state index contributed by atoms with van der Waals surface area (Å²) in [7, 11) is 0. The standard InChI is InChI=1S/C6H9F5O2/c1-3(4(13)2-12)5(7,8)6(9,10)11/h3-4,12-13H,2H2,1H3. The Kier molecular flexibility index (Phi) is 3.62. The molecule has 2 atom stereocenters. The Hall–Kier alpha value is -0.430. The molecule has 0 radical (unpaired) electrons. The Morgan fingerprint density at radius 3 is 1.77 bits per heavy atom. The maximum Gasteiger partial charge on any atom is 0.453 e. The molecule has 0 aromatic rings. The van der Waals surface area contributed by atoms with Crippen molar-refractivity contribution in [3.05, 3.63) is 0 Å². The highest BCUT2D eigenvalue weighted by Gasteiger charge is 2.62. The Labute approximate surface area is 71.0 Å². The number of hydrogen-bond donors (Lipinski definition) is 2. The molecule has 0 heterocycles. The molecule has 80 valence electrons. The van der Waals surface area contributed by atoms with E-state index in [0.717, 1.165) is 0 Å². The lowest BCUT2D eigenvalue weighted by atomic mass is 9.97. The molecular weight excluding hydrogens is 199 g/mol. The maximum atomic E-state index is 12.4. The number of halogens is 5. The molecule has 2 unspecified atom stereocenters. The van der Waals surface area contributed by atoms with Crippen LogP contribution < -0.4 is 0 Å². The van der Waals surface area contributed by atoms with Crippen molar-refractivity contribution in [2.45, 2.75) is 25.1 Å². The maximum absolute atomic E-state index is 12.4. The van der Waals surface area contributed by atoms with Crippen LogP contribution in [-0.2, 0) is 0 Å². The highest BCUT2D eigenvalue weighted by molar-refractivity contribution is 4.85. The van der Waals surface area contributed by atoms with Crippen LogP contribution in [0.5, 0.6) is 0 Å². The van der Waals surface area contributed by atoms with Gasteiger partial charge in [0.15, 0.2) is 0 Å². The predicted octanol–water partition coefficient (Wildman–Crippen LogP) is 1.17. The summed E-state index contributed by atoms with van der Waals surface area (Å²) in [6.45, 7) is -0.610. The molecule has 0 bridgehead atoms. The summed E-state index contributed by atoms with van der Waals surface area (Å²) in [5.74, 6) is -7.35. The summed E-state index contributed by atoms with van der Waals surface area (Å²) in [6.07, 6.45) is -7.79. The molecule has 0 spiro atoms. The van der Waals surface area contributed by atoms with E-state index in [-0.39, 0.29) is 0 Å². The summed E-state index contributed by atoms with van der Waals surface area (Å²) in [5, 5.41) is 16.8. The van der Waals surface area contributed by atoms with Crippen molar-refractivity contribution in [1.82, 2.24) is 0 Å². The van der Waals surface area contributed by atoms with Crippen LogP contribution in [0.25, 0.3) is 0 Å². The van der Waals surface area contributed by atoms with E-state index in [1.54, 1.807) is 0 Å². The van der Waals surface area contributed by atoms with E-state index in [1.165, 1.54) is 0 Å². The average molecular weight is 208 g/mol. The minimum absolute atomic E-state index is 0.522. The number of rotatable bonds is 3. The first-order chi connectivity index (χ1) is 5.64. The summed E-state index contributed by atoms with van der Waals surface area (Å²) >= 11 is 0. The second-order valence-corrected chi connectivity index (χ2v) is 2.66. The largest absolute Gasteiger partial charge is 0.453 e. The molecule has 2 nitrogen and oxygen atoms in total. The Morgan fingerprint density at radius 2 is 1.54 bits per heavy atom. The quantitative estimate of drug-likeness (QED) is 0.683. The van der Waals surface area contributed by atoms with Gasteiger partial charge in [0.25, 0.3) is 0 Å². The van der Waals surface area contributed by atoms with Crippen LogP contribution in [0.15, 0.2) is 0 Å². The molecule has 0 rings (SSSR count). The number of aliphatic hydroxyl groups is 2. The predicted molar refractivity (Wildman–Crippen MR) is 33.3 cm³/mol. The zero-order valence-electron chi connectivity index (χ0n) is 6.65. The van der Waals surface area contributed by atoms with Gasteiger partial charge in [-0.05, 0) is 0 Å². The van der Waals surface area contributed by atoms with Gasteiger partial charge in [0, 0.05) is 0 Å². The van der Waals surface area contributed by atoms with Crippen LogP contribution in [-0.4, -0.2) is 35.0 Å². The van der Waals surface area contributed by atoms with Crippen LogP contribution in [0.2, 0.25) is 0 Å². The molecule has 0 aromatic carbocycles. The summed E-state index contributed by atoms with van der Waals surface area (Å²) in [4.78, 5) is 0. The summed E-state index contributed by atoms with van der Waals surface area (Å²) in [5.41, 5.74) is 0. The number of alkyl halides is 5. The molecular formula is C6H9F5O2. The molecule has 0 aromatic heterocycles. The van der Waals surface area contributed by atoms with Gasteiger partial charge in [-0.25, -0.2) is 0 Å². The molecule has 0 amide bonds. The Bertz CT molecular complexity index is 167. The van der Waals surface area contributed by atoms with Crippen molar-refractivity contribution >= 4 is 0 Å². The van der Waals surface area contributed by atoms with Gasteiger partial charge in [0.1, 0.15) is 0 Å². The highest BCUT2D eigenvalue weighted by atomic mass is 19.4. The second-order valence-electron chi connectivity index (χ2n) is 2.66. The lowest BCUT2D eigenvalue weighted by Crippen LogP contribution is -2.47. The van der Waals surface area contributed by atoms with Crippen molar-refractivity contribution in [2.75, 3.05) is 6.61 Å². The Morgan fingerprint density at radius 1 is 1.15 bits per heavy atom. The van der Waals surface area contributed by atoms with Gasteiger partial charge in [-0.15, -0.1) is 0 Å². The van der Waals surface area contributed by atoms with Crippen LogP contribution in [0.1, 0.15) is 6.92 Å². The molecule has 2 N–H and O–H groups in total. The molecule has 0 aliphatic carbocycles. The molecule has 0 saturated carbocycles. The second kappa shape index (κ2) is 3.75. The van der Waals surface area contributed by atoms with Crippen LogP contribution in [0.4, 0.5) is 22.0 Å². The number of aliphatic hydroxyl groups excluding tert-OH is 2. The van der Waals surface area contributed by atoms with Crippen molar-refractivity contribution in [2.24, 2.45) is 5.92 Å². The van der Waals surface area contributed by atoms with Gasteiger partial charge in [-0.3, -0.25) is 0 Å². The molecule has 0 aliphatic rings. The van der Waals surface area contributed by atoms with Crippen molar-refractivity contribution in [3.63, 3.8) is 0 Å². The van der Waals surface area contributed by atoms with Gasteiger partial charge in [0.2, 0.25) is 0 Å². The zero-order chi connectivity index (χ0) is 10.9. The van der Waals surface area contributed by atoms with E-state index >= 15 is 0 Å². The van der Waals surface area contributed by atoms with Gasteiger partial charge in [-0.2, -0.15) is 22.0 Å². The third kappa shape index (κ3) is 2.50. The van der Waals surface area contributed by atoms with Gasteiger partial charge in [-0.1, -0.05) is 6.92 Å². The smallest absolute Gasteiger partial charge is 0.394 e. The average Bonchev–Trinajstić information content (AvgIpc) is 1.99. The lowest BCUT2D eigenvalue weighted by Gasteiger charge is -2.28. The fourth-order valence-corrected chi connectivity index (χ4v) is 0.658. The van der Waals surface area contributed by atoms with Gasteiger partial charge >= 0.3 is 12.1 Å². The van der Waals surface area contributed by atoms with E-state index in [1.807, 2.05) is 0 Å². The monoisotopic (exact) mass is 208 g/mol. The van der Waals surface area contributed by atoms with Crippen LogP contribution >= 0.6 is 0 Å². The molecule has 0 aliphatic heterocycles. The first kappa shape index (κ1) is 12.6. The van der Waals surface area contributed by atoms with E-state index < -0.39 is 30.7 Å². The summed E-state index contributed by atoms with van der Waals surface area (Å²) in [6, 6.07) is 0. The van der Waals surface area contributed by atoms with Gasteiger partial charge in [0.05, 0.1) is 18.6 Å². The third-order valence-corrected chi connectivity index (χ3v) is 1.71. The first-order valence-corrected chi connectivity index (χ1v) is 3.38. The van der Waals surface area contributed by atoms with E-state index in [2.05, 4.69) is 0 Å². The highest BCUT2D eigenvalue weighted by Crippen LogP contribution is 2.42.